The van der Waals surface area contributed by atoms with Crippen molar-refractivity contribution < 1.29 is 0 Å². The SMILES string of the molecule is c1ccc(-c2cc(-c3ccccc3)cc(N(c3ccc4c5ccccc5c5ccccc5c4c3)c3cc4c(cc3-c3cccc5sc6ccccc6c35)-c3ccccc3C43c4ccccc4-c4ccccc43)c2)cc1. The summed E-state index contributed by atoms with van der Waals surface area (Å²) in [6.45, 7) is 0. The van der Waals surface area contributed by atoms with Crippen molar-refractivity contribution in [3.8, 4) is 55.6 Å². The van der Waals surface area contributed by atoms with Crippen molar-refractivity contribution in [1.29, 1.82) is 0 Å². The Balaban J connectivity index is 1.09. The summed E-state index contributed by atoms with van der Waals surface area (Å²) in [5.41, 5.74) is 20.2. The number of hydrogen-bond acceptors (Lipinski definition) is 2. The summed E-state index contributed by atoms with van der Waals surface area (Å²) in [4.78, 5) is 2.61. The molecule has 0 saturated heterocycles. The second kappa shape index (κ2) is 16.3. The Morgan fingerprint density at radius 1 is 0.253 bits per heavy atom. The average Bonchev–Trinajstić information content (AvgIpc) is 4.15. The van der Waals surface area contributed by atoms with E-state index in [1.807, 2.05) is 11.3 Å². The van der Waals surface area contributed by atoms with Gasteiger partial charge in [-0.2, -0.15) is 0 Å². The number of anilines is 3. The van der Waals surface area contributed by atoms with Crippen LogP contribution in [0.3, 0.4) is 0 Å². The number of benzene rings is 13. The van der Waals surface area contributed by atoms with Crippen LogP contribution in [-0.4, -0.2) is 0 Å². The lowest BCUT2D eigenvalue weighted by Crippen LogP contribution is -2.26. The summed E-state index contributed by atoms with van der Waals surface area (Å²) >= 11 is 1.88. The van der Waals surface area contributed by atoms with Crippen LogP contribution >= 0.6 is 11.3 Å². The van der Waals surface area contributed by atoms with Crippen LogP contribution in [0.15, 0.2) is 273 Å². The van der Waals surface area contributed by atoms with Crippen molar-refractivity contribution in [2.24, 2.45) is 0 Å². The average molecular weight is 968 g/mol. The van der Waals surface area contributed by atoms with E-state index in [9.17, 15) is 0 Å². The molecule has 348 valence electrons. The third kappa shape index (κ3) is 6.12. The minimum atomic E-state index is -0.557. The highest BCUT2D eigenvalue weighted by molar-refractivity contribution is 7.26. The van der Waals surface area contributed by atoms with E-state index >= 15 is 0 Å². The molecule has 75 heavy (non-hydrogen) atoms. The van der Waals surface area contributed by atoms with Crippen molar-refractivity contribution in [3.05, 3.63) is 295 Å². The Bertz CT molecular complexity index is 4520. The molecule has 2 aliphatic rings. The van der Waals surface area contributed by atoms with E-state index in [1.54, 1.807) is 0 Å². The molecule has 0 bridgehead atoms. The molecule has 0 N–H and O–H groups in total. The monoisotopic (exact) mass is 967 g/mol. The van der Waals surface area contributed by atoms with Gasteiger partial charge in [-0.1, -0.05) is 218 Å². The molecule has 14 aromatic rings. The number of fused-ring (bicyclic) bond motifs is 19. The Morgan fingerprint density at radius 2 is 0.720 bits per heavy atom. The topological polar surface area (TPSA) is 3.24 Å². The molecular weight excluding hydrogens is 923 g/mol. The first-order chi connectivity index (χ1) is 37.2. The second-order valence-corrected chi connectivity index (χ2v) is 21.3. The minimum Gasteiger partial charge on any atom is -0.310 e. The number of thiophene rings is 1. The van der Waals surface area contributed by atoms with E-state index in [4.69, 9.17) is 0 Å². The van der Waals surface area contributed by atoms with Gasteiger partial charge in [-0.3, -0.25) is 0 Å². The summed E-state index contributed by atoms with van der Waals surface area (Å²) in [6.07, 6.45) is 0. The summed E-state index contributed by atoms with van der Waals surface area (Å²) in [6, 6.07) is 103. The number of nitrogens with zero attached hydrogens (tertiary/aromatic N) is 1. The van der Waals surface area contributed by atoms with Crippen molar-refractivity contribution >= 4 is 80.9 Å². The van der Waals surface area contributed by atoms with E-state index in [0.29, 0.717) is 0 Å². The molecule has 0 saturated carbocycles. The molecule has 0 unspecified atom stereocenters. The normalized spacial score (nSPS) is 12.9. The Morgan fingerprint density at radius 3 is 1.32 bits per heavy atom. The highest BCUT2D eigenvalue weighted by Crippen LogP contribution is 2.64. The van der Waals surface area contributed by atoms with Gasteiger partial charge in [0.05, 0.1) is 11.1 Å². The first-order valence-corrected chi connectivity index (χ1v) is 26.8. The van der Waals surface area contributed by atoms with Gasteiger partial charge >= 0.3 is 0 Å². The zero-order chi connectivity index (χ0) is 49.2. The Hall–Kier alpha value is -9.34. The van der Waals surface area contributed by atoms with Crippen LogP contribution in [-0.2, 0) is 5.41 Å². The first-order valence-electron chi connectivity index (χ1n) is 26.0. The molecule has 2 aliphatic carbocycles. The third-order valence-electron chi connectivity index (χ3n) is 16.4. The fourth-order valence-corrected chi connectivity index (χ4v) is 14.5. The van der Waals surface area contributed by atoms with E-state index < -0.39 is 5.41 Å². The fourth-order valence-electron chi connectivity index (χ4n) is 13.3. The van der Waals surface area contributed by atoms with Crippen LogP contribution in [0.5, 0.6) is 0 Å². The summed E-state index contributed by atoms with van der Waals surface area (Å²) in [5.74, 6) is 0. The molecule has 1 nitrogen and oxygen atoms in total. The summed E-state index contributed by atoms with van der Waals surface area (Å²) in [5, 5.41) is 10.1. The van der Waals surface area contributed by atoms with Crippen molar-refractivity contribution in [2.45, 2.75) is 5.41 Å². The van der Waals surface area contributed by atoms with Gasteiger partial charge < -0.3 is 4.90 Å². The molecule has 0 aliphatic heterocycles. The standard InChI is InChI=1S/C73H45NS/c1-3-20-46(21-4-1)48-40-49(47-22-5-2-6-23-47)42-51(41-48)74(50-38-39-56-54-26-8-7-24-52(54)53-25-9-10-27-55(53)62(56)43-50)69-45-68-63(44-64(69)60-32-19-37-71-72(60)61-31-14-18-36-70(61)75-71)59-30-13-17-35-67(59)73(68)65-33-15-11-28-57(65)58-29-12-16-34-66(58)73/h1-45H. The molecule has 0 amide bonds. The Kier molecular flexibility index (Phi) is 9.19. The Labute approximate surface area is 439 Å². The molecule has 16 rings (SSSR count). The maximum Gasteiger partial charge on any atom is 0.0726 e. The lowest BCUT2D eigenvalue weighted by molar-refractivity contribution is 0.794. The first kappa shape index (κ1) is 42.2. The molecule has 1 spiro atoms. The van der Waals surface area contributed by atoms with Crippen LogP contribution in [0.2, 0.25) is 0 Å². The van der Waals surface area contributed by atoms with E-state index in [-0.39, 0.29) is 0 Å². The van der Waals surface area contributed by atoms with Crippen LogP contribution in [0.4, 0.5) is 17.1 Å². The predicted molar refractivity (Wildman–Crippen MR) is 319 cm³/mol. The number of hydrogen-bond donors (Lipinski definition) is 0. The van der Waals surface area contributed by atoms with Crippen molar-refractivity contribution in [1.82, 2.24) is 0 Å². The molecule has 1 aromatic heterocycles. The zero-order valence-electron chi connectivity index (χ0n) is 40.8. The largest absolute Gasteiger partial charge is 0.310 e. The molecule has 0 fully saturated rings. The fraction of sp³-hybridized carbons (Fsp3) is 0.0137. The quantitative estimate of drug-likeness (QED) is 0.150. The van der Waals surface area contributed by atoms with Gasteiger partial charge in [0, 0.05) is 37.1 Å². The second-order valence-electron chi connectivity index (χ2n) is 20.2. The molecule has 1 heterocycles. The highest BCUT2D eigenvalue weighted by atomic mass is 32.1. The van der Waals surface area contributed by atoms with Gasteiger partial charge in [0.1, 0.15) is 0 Å². The lowest BCUT2D eigenvalue weighted by Gasteiger charge is -2.34. The summed E-state index contributed by atoms with van der Waals surface area (Å²) < 4.78 is 2.57. The molecular formula is C73H45NS. The van der Waals surface area contributed by atoms with E-state index in [2.05, 4.69) is 278 Å². The molecule has 0 atom stereocenters. The van der Waals surface area contributed by atoms with Gasteiger partial charge in [-0.25, -0.2) is 0 Å². The van der Waals surface area contributed by atoms with Gasteiger partial charge in [-0.05, 0) is 159 Å². The van der Waals surface area contributed by atoms with Gasteiger partial charge in [0.15, 0.2) is 0 Å². The molecule has 2 heteroatoms. The zero-order valence-corrected chi connectivity index (χ0v) is 41.7. The predicted octanol–water partition coefficient (Wildman–Crippen LogP) is 20.3. The van der Waals surface area contributed by atoms with Gasteiger partial charge in [-0.15, -0.1) is 11.3 Å². The van der Waals surface area contributed by atoms with Crippen molar-refractivity contribution in [3.63, 3.8) is 0 Å². The van der Waals surface area contributed by atoms with Crippen LogP contribution in [0, 0.1) is 0 Å². The maximum absolute atomic E-state index is 2.61. The van der Waals surface area contributed by atoms with Crippen molar-refractivity contribution in [2.75, 3.05) is 4.90 Å². The number of rotatable bonds is 6. The third-order valence-corrected chi connectivity index (χ3v) is 17.6. The van der Waals surface area contributed by atoms with Crippen LogP contribution in [0.25, 0.3) is 108 Å². The van der Waals surface area contributed by atoms with E-state index in [0.717, 1.165) is 28.2 Å². The minimum absolute atomic E-state index is 0.557. The van der Waals surface area contributed by atoms with Crippen LogP contribution < -0.4 is 4.90 Å². The van der Waals surface area contributed by atoms with E-state index in [1.165, 1.54) is 119 Å². The maximum atomic E-state index is 2.61. The molecule has 13 aromatic carbocycles. The van der Waals surface area contributed by atoms with Crippen LogP contribution in [0.1, 0.15) is 22.3 Å². The smallest absolute Gasteiger partial charge is 0.0726 e. The van der Waals surface area contributed by atoms with Gasteiger partial charge in [0.25, 0.3) is 0 Å². The molecule has 0 radical (unpaired) electrons. The lowest BCUT2D eigenvalue weighted by atomic mass is 9.70. The van der Waals surface area contributed by atoms with Gasteiger partial charge in [0.2, 0.25) is 0 Å². The summed E-state index contributed by atoms with van der Waals surface area (Å²) in [7, 11) is 0. The highest BCUT2D eigenvalue weighted by Gasteiger charge is 2.52.